The number of unbranched alkanes of at least 4 members (excludes halogenated alkanes) is 1. The van der Waals surface area contributed by atoms with E-state index >= 15 is 0 Å². The Hall–Kier alpha value is -0.290. The fourth-order valence-corrected chi connectivity index (χ4v) is 0.914. The lowest BCUT2D eigenvalue weighted by Crippen LogP contribution is -2.25. The molecule has 0 fully saturated rings. The fourth-order valence-electron chi connectivity index (χ4n) is 0.914. The predicted molar refractivity (Wildman–Crippen MR) is 46.7 cm³/mol. The van der Waals surface area contributed by atoms with Crippen LogP contribution in [0.5, 0.6) is 0 Å². The molecule has 0 aliphatic carbocycles. The van der Waals surface area contributed by atoms with E-state index in [-0.39, 0.29) is 6.42 Å². The van der Waals surface area contributed by atoms with Gasteiger partial charge in [-0.25, -0.2) is 0 Å². The number of halogens is 3. The predicted octanol–water partition coefficient (Wildman–Crippen LogP) is 1.53. The molecular weight excluding hydrogens is 181 g/mol. The van der Waals surface area contributed by atoms with Crippen molar-refractivity contribution in [1.82, 2.24) is 10.6 Å². The number of hydrogen-bond acceptors (Lipinski definition) is 2. The summed E-state index contributed by atoms with van der Waals surface area (Å²) in [6, 6.07) is 0. The monoisotopic (exact) mass is 198 g/mol. The summed E-state index contributed by atoms with van der Waals surface area (Å²) in [5, 5.41) is 5.98. The van der Waals surface area contributed by atoms with Gasteiger partial charge in [-0.05, 0) is 26.4 Å². The van der Waals surface area contributed by atoms with Gasteiger partial charge in [-0.15, -0.1) is 0 Å². The molecule has 0 aromatic heterocycles. The van der Waals surface area contributed by atoms with Crippen molar-refractivity contribution in [3.05, 3.63) is 0 Å². The van der Waals surface area contributed by atoms with Crippen LogP contribution in [0, 0.1) is 0 Å². The van der Waals surface area contributed by atoms with Crippen molar-refractivity contribution >= 4 is 0 Å². The minimum Gasteiger partial charge on any atom is -0.318 e. The Morgan fingerprint density at radius 3 is 2.23 bits per heavy atom. The van der Waals surface area contributed by atoms with E-state index in [1.807, 2.05) is 7.05 Å². The van der Waals surface area contributed by atoms with Crippen molar-refractivity contribution in [2.75, 3.05) is 26.7 Å². The van der Waals surface area contributed by atoms with Gasteiger partial charge >= 0.3 is 6.18 Å². The third kappa shape index (κ3) is 11.7. The topological polar surface area (TPSA) is 24.1 Å². The first-order chi connectivity index (χ1) is 6.06. The van der Waals surface area contributed by atoms with Crippen LogP contribution in [0.3, 0.4) is 0 Å². The van der Waals surface area contributed by atoms with Crippen molar-refractivity contribution in [2.45, 2.75) is 25.4 Å². The molecule has 0 heterocycles. The summed E-state index contributed by atoms with van der Waals surface area (Å²) >= 11 is 0. The first-order valence-electron chi connectivity index (χ1n) is 4.48. The molecule has 0 saturated carbocycles. The lowest BCUT2D eigenvalue weighted by molar-refractivity contribution is -0.135. The number of nitrogens with one attached hydrogen (secondary N) is 2. The van der Waals surface area contributed by atoms with E-state index in [0.29, 0.717) is 13.0 Å². The van der Waals surface area contributed by atoms with E-state index in [2.05, 4.69) is 10.6 Å². The number of hydrogen-bond donors (Lipinski definition) is 2. The van der Waals surface area contributed by atoms with Crippen LogP contribution < -0.4 is 10.6 Å². The van der Waals surface area contributed by atoms with Crippen molar-refractivity contribution in [2.24, 2.45) is 0 Å². The maximum Gasteiger partial charge on any atom is 0.389 e. The Morgan fingerprint density at radius 2 is 1.69 bits per heavy atom. The minimum absolute atomic E-state index is 0.218. The normalized spacial score (nSPS) is 12.0. The van der Waals surface area contributed by atoms with Crippen LogP contribution in [0.2, 0.25) is 0 Å². The van der Waals surface area contributed by atoms with Gasteiger partial charge in [0.1, 0.15) is 0 Å². The standard InChI is InChI=1S/C8H17F3N2/c1-12-6-7-13-5-3-2-4-8(9,10)11/h12-13H,2-7H2,1H3. The van der Waals surface area contributed by atoms with Crippen molar-refractivity contribution in [3.63, 3.8) is 0 Å². The van der Waals surface area contributed by atoms with E-state index in [9.17, 15) is 13.2 Å². The van der Waals surface area contributed by atoms with E-state index in [1.165, 1.54) is 0 Å². The van der Waals surface area contributed by atoms with Gasteiger partial charge in [-0.2, -0.15) is 13.2 Å². The zero-order valence-electron chi connectivity index (χ0n) is 7.88. The Balaban J connectivity index is 3.00. The zero-order valence-corrected chi connectivity index (χ0v) is 7.88. The summed E-state index contributed by atoms with van der Waals surface area (Å²) in [6.45, 7) is 2.32. The second-order valence-corrected chi connectivity index (χ2v) is 2.93. The summed E-state index contributed by atoms with van der Waals surface area (Å²) in [5.41, 5.74) is 0. The smallest absolute Gasteiger partial charge is 0.318 e. The summed E-state index contributed by atoms with van der Waals surface area (Å²) in [4.78, 5) is 0. The average Bonchev–Trinajstić information content (AvgIpc) is 2.01. The Labute approximate surface area is 76.9 Å². The molecule has 0 spiro atoms. The molecule has 0 aliphatic rings. The maximum atomic E-state index is 11.7. The second-order valence-electron chi connectivity index (χ2n) is 2.93. The van der Waals surface area contributed by atoms with Crippen molar-refractivity contribution in [3.8, 4) is 0 Å². The van der Waals surface area contributed by atoms with Gasteiger partial charge in [0.25, 0.3) is 0 Å². The van der Waals surface area contributed by atoms with Gasteiger partial charge in [0.15, 0.2) is 0 Å². The molecule has 0 amide bonds. The molecule has 0 aromatic rings. The third-order valence-electron chi connectivity index (χ3n) is 1.62. The molecule has 80 valence electrons. The van der Waals surface area contributed by atoms with Gasteiger partial charge < -0.3 is 10.6 Å². The molecular formula is C8H17F3N2. The molecule has 0 radical (unpaired) electrons. The molecule has 0 rings (SSSR count). The van der Waals surface area contributed by atoms with Gasteiger partial charge in [0.05, 0.1) is 0 Å². The van der Waals surface area contributed by atoms with Crippen LogP contribution in [0.4, 0.5) is 13.2 Å². The van der Waals surface area contributed by atoms with Crippen LogP contribution in [0.15, 0.2) is 0 Å². The van der Waals surface area contributed by atoms with Crippen LogP contribution in [-0.2, 0) is 0 Å². The van der Waals surface area contributed by atoms with Gasteiger partial charge in [0.2, 0.25) is 0 Å². The van der Waals surface area contributed by atoms with E-state index < -0.39 is 12.6 Å². The largest absolute Gasteiger partial charge is 0.389 e. The van der Waals surface area contributed by atoms with Crippen molar-refractivity contribution in [1.29, 1.82) is 0 Å². The Kier molecular flexibility index (Phi) is 6.99. The van der Waals surface area contributed by atoms with Gasteiger partial charge in [-0.3, -0.25) is 0 Å². The molecule has 2 N–H and O–H groups in total. The van der Waals surface area contributed by atoms with Crippen molar-refractivity contribution < 1.29 is 13.2 Å². The lowest BCUT2D eigenvalue weighted by Gasteiger charge is -2.06. The summed E-state index contributed by atoms with van der Waals surface area (Å²) in [7, 11) is 1.84. The maximum absolute atomic E-state index is 11.7. The Bertz CT molecular complexity index is 114. The summed E-state index contributed by atoms with van der Waals surface area (Å²) < 4.78 is 35.0. The van der Waals surface area contributed by atoms with Gasteiger partial charge in [0, 0.05) is 19.5 Å². The SMILES string of the molecule is CNCCNCCCCC(F)(F)F. The average molecular weight is 198 g/mol. The highest BCUT2D eigenvalue weighted by molar-refractivity contribution is 4.54. The zero-order chi connectivity index (χ0) is 10.2. The van der Waals surface area contributed by atoms with E-state index in [4.69, 9.17) is 0 Å². The number of likely N-dealkylation sites (N-methyl/N-ethyl adjacent to an activating group) is 1. The van der Waals surface area contributed by atoms with Crippen LogP contribution in [0.1, 0.15) is 19.3 Å². The highest BCUT2D eigenvalue weighted by atomic mass is 19.4. The van der Waals surface area contributed by atoms with Gasteiger partial charge in [-0.1, -0.05) is 0 Å². The third-order valence-corrected chi connectivity index (χ3v) is 1.62. The molecule has 0 aromatic carbocycles. The first kappa shape index (κ1) is 12.7. The molecule has 5 heteroatoms. The second kappa shape index (κ2) is 7.15. The highest BCUT2D eigenvalue weighted by Gasteiger charge is 2.25. The number of rotatable bonds is 7. The van der Waals surface area contributed by atoms with Crippen LogP contribution in [-0.4, -0.2) is 32.9 Å². The minimum atomic E-state index is -4.00. The quantitative estimate of drug-likeness (QED) is 0.606. The van der Waals surface area contributed by atoms with E-state index in [0.717, 1.165) is 13.1 Å². The fraction of sp³-hybridized carbons (Fsp3) is 1.00. The van der Waals surface area contributed by atoms with Crippen LogP contribution in [0.25, 0.3) is 0 Å². The molecule has 0 atom stereocenters. The number of alkyl halides is 3. The van der Waals surface area contributed by atoms with Crippen LogP contribution >= 0.6 is 0 Å². The van der Waals surface area contributed by atoms with E-state index in [1.54, 1.807) is 0 Å². The Morgan fingerprint density at radius 1 is 1.00 bits per heavy atom. The summed E-state index contributed by atoms with van der Waals surface area (Å²) in [6.07, 6.45) is -3.86. The highest BCUT2D eigenvalue weighted by Crippen LogP contribution is 2.21. The molecule has 2 nitrogen and oxygen atoms in total. The molecule has 0 unspecified atom stereocenters. The lowest BCUT2D eigenvalue weighted by atomic mass is 10.2. The molecule has 0 aliphatic heterocycles. The molecule has 0 saturated heterocycles. The molecule has 13 heavy (non-hydrogen) atoms. The summed E-state index contributed by atoms with van der Waals surface area (Å²) in [5.74, 6) is 0. The first-order valence-corrected chi connectivity index (χ1v) is 4.48. The molecule has 0 bridgehead atoms.